The average molecular weight is 374 g/mol. The van der Waals surface area contributed by atoms with Gasteiger partial charge >= 0.3 is 0 Å². The standard InChI is InChI=1S/C18H16ClN3O4/c1-11(21-22-18(24)12-2-4-13(19)5-3-12)8-17(23)20-14-6-7-15-16(9-14)26-10-25-15/h2-7,9H,8,10H2,1H3,(H,20,23)(H,22,24)/b21-11+. The number of nitrogens with one attached hydrogen (secondary N) is 2. The maximum atomic E-state index is 12.1. The topological polar surface area (TPSA) is 89.0 Å². The summed E-state index contributed by atoms with van der Waals surface area (Å²) >= 11 is 5.78. The smallest absolute Gasteiger partial charge is 0.271 e. The Hall–Kier alpha value is -3.06. The number of hydrogen-bond acceptors (Lipinski definition) is 5. The van der Waals surface area contributed by atoms with Gasteiger partial charge in [-0.3, -0.25) is 9.59 Å². The van der Waals surface area contributed by atoms with Crippen LogP contribution in [0.5, 0.6) is 11.5 Å². The van der Waals surface area contributed by atoms with Crippen molar-refractivity contribution >= 4 is 34.8 Å². The molecule has 0 spiro atoms. The van der Waals surface area contributed by atoms with E-state index in [-0.39, 0.29) is 25.0 Å². The molecule has 0 atom stereocenters. The molecule has 134 valence electrons. The molecule has 3 rings (SSSR count). The molecule has 2 aromatic rings. The molecule has 26 heavy (non-hydrogen) atoms. The molecule has 2 amide bonds. The van der Waals surface area contributed by atoms with Gasteiger partial charge in [0.05, 0.1) is 6.42 Å². The van der Waals surface area contributed by atoms with Gasteiger partial charge in [0.1, 0.15) is 0 Å². The minimum atomic E-state index is -0.378. The van der Waals surface area contributed by atoms with Crippen LogP contribution in [0.25, 0.3) is 0 Å². The van der Waals surface area contributed by atoms with Gasteiger partial charge in [-0.05, 0) is 43.3 Å². The first-order chi connectivity index (χ1) is 12.5. The molecule has 1 aliphatic rings. The molecule has 0 saturated heterocycles. The Morgan fingerprint density at radius 2 is 1.85 bits per heavy atom. The first kappa shape index (κ1) is 17.8. The molecular formula is C18H16ClN3O4. The zero-order valence-electron chi connectivity index (χ0n) is 13.9. The summed E-state index contributed by atoms with van der Waals surface area (Å²) in [6.45, 7) is 1.83. The molecule has 8 heteroatoms. The van der Waals surface area contributed by atoms with Crippen molar-refractivity contribution in [1.82, 2.24) is 5.43 Å². The largest absolute Gasteiger partial charge is 0.454 e. The van der Waals surface area contributed by atoms with E-state index < -0.39 is 0 Å². The second-order valence-corrected chi connectivity index (χ2v) is 6.02. The summed E-state index contributed by atoms with van der Waals surface area (Å²) in [5, 5.41) is 7.23. The molecule has 7 nitrogen and oxygen atoms in total. The third-order valence-electron chi connectivity index (χ3n) is 3.53. The van der Waals surface area contributed by atoms with Crippen LogP contribution in [0.1, 0.15) is 23.7 Å². The van der Waals surface area contributed by atoms with E-state index >= 15 is 0 Å². The van der Waals surface area contributed by atoms with Crippen molar-refractivity contribution in [3.8, 4) is 11.5 Å². The number of amides is 2. The van der Waals surface area contributed by atoms with Gasteiger partial charge in [0, 0.05) is 28.1 Å². The van der Waals surface area contributed by atoms with Gasteiger partial charge in [0.15, 0.2) is 11.5 Å². The first-order valence-electron chi connectivity index (χ1n) is 7.80. The van der Waals surface area contributed by atoms with E-state index in [0.29, 0.717) is 33.5 Å². The predicted octanol–water partition coefficient (Wildman–Crippen LogP) is 3.20. The van der Waals surface area contributed by atoms with Crippen LogP contribution in [0.2, 0.25) is 5.02 Å². The maximum absolute atomic E-state index is 12.1. The van der Waals surface area contributed by atoms with Crippen molar-refractivity contribution in [2.45, 2.75) is 13.3 Å². The molecule has 0 unspecified atom stereocenters. The van der Waals surface area contributed by atoms with Crippen molar-refractivity contribution in [2.75, 3.05) is 12.1 Å². The molecule has 0 aromatic heterocycles. The normalized spacial score (nSPS) is 12.6. The zero-order chi connectivity index (χ0) is 18.5. The lowest BCUT2D eigenvalue weighted by Crippen LogP contribution is -2.21. The average Bonchev–Trinajstić information content (AvgIpc) is 3.08. The van der Waals surface area contributed by atoms with E-state index in [1.54, 1.807) is 49.4 Å². The van der Waals surface area contributed by atoms with Crippen LogP contribution in [0.15, 0.2) is 47.6 Å². The number of nitrogens with zero attached hydrogens (tertiary/aromatic N) is 1. The maximum Gasteiger partial charge on any atom is 0.271 e. The van der Waals surface area contributed by atoms with E-state index in [2.05, 4.69) is 15.8 Å². The SMILES string of the molecule is C/C(CC(=O)Nc1ccc2c(c1)OCO2)=N\NC(=O)c1ccc(Cl)cc1. The highest BCUT2D eigenvalue weighted by Crippen LogP contribution is 2.34. The third kappa shape index (κ3) is 4.52. The molecule has 0 saturated carbocycles. The quantitative estimate of drug-likeness (QED) is 0.622. The highest BCUT2D eigenvalue weighted by atomic mass is 35.5. The van der Waals surface area contributed by atoms with Gasteiger partial charge in [-0.15, -0.1) is 0 Å². The summed E-state index contributed by atoms with van der Waals surface area (Å²) in [6.07, 6.45) is 0.0370. The van der Waals surface area contributed by atoms with Gasteiger partial charge in [0.25, 0.3) is 5.91 Å². The number of rotatable bonds is 5. The van der Waals surface area contributed by atoms with Gasteiger partial charge in [0.2, 0.25) is 12.7 Å². The second-order valence-electron chi connectivity index (χ2n) is 5.59. The summed E-state index contributed by atoms with van der Waals surface area (Å²) in [4.78, 5) is 24.0. The number of benzene rings is 2. The summed E-state index contributed by atoms with van der Waals surface area (Å²) in [5.74, 6) is 0.595. The lowest BCUT2D eigenvalue weighted by Gasteiger charge is -2.06. The molecular weight excluding hydrogens is 358 g/mol. The number of ether oxygens (including phenoxy) is 2. The lowest BCUT2D eigenvalue weighted by molar-refractivity contribution is -0.115. The number of hydrazone groups is 1. The Kier molecular flexibility index (Phi) is 5.38. The highest BCUT2D eigenvalue weighted by Gasteiger charge is 2.14. The lowest BCUT2D eigenvalue weighted by atomic mass is 10.2. The van der Waals surface area contributed by atoms with Crippen LogP contribution < -0.4 is 20.2 Å². The van der Waals surface area contributed by atoms with E-state index in [4.69, 9.17) is 21.1 Å². The van der Waals surface area contributed by atoms with Crippen LogP contribution in [-0.4, -0.2) is 24.3 Å². The molecule has 2 N–H and O–H groups in total. The Morgan fingerprint density at radius 1 is 1.12 bits per heavy atom. The van der Waals surface area contributed by atoms with Crippen molar-refractivity contribution in [2.24, 2.45) is 5.10 Å². The van der Waals surface area contributed by atoms with E-state index in [0.717, 1.165) is 0 Å². The first-order valence-corrected chi connectivity index (χ1v) is 8.17. The minimum absolute atomic E-state index is 0.0370. The summed E-state index contributed by atoms with van der Waals surface area (Å²) in [7, 11) is 0. The van der Waals surface area contributed by atoms with Crippen molar-refractivity contribution in [1.29, 1.82) is 0 Å². The van der Waals surface area contributed by atoms with Gasteiger partial charge in [-0.1, -0.05) is 11.6 Å². The fourth-order valence-electron chi connectivity index (χ4n) is 2.26. The molecule has 0 aliphatic carbocycles. The molecule has 0 fully saturated rings. The Balaban J connectivity index is 1.52. The van der Waals surface area contributed by atoms with Crippen LogP contribution in [0.4, 0.5) is 5.69 Å². The number of halogens is 1. The third-order valence-corrected chi connectivity index (χ3v) is 3.78. The van der Waals surface area contributed by atoms with Gasteiger partial charge in [-0.2, -0.15) is 5.10 Å². The second kappa shape index (κ2) is 7.88. The predicted molar refractivity (Wildman–Crippen MR) is 97.8 cm³/mol. The summed E-state index contributed by atoms with van der Waals surface area (Å²) < 4.78 is 10.5. The number of fused-ring (bicyclic) bond motifs is 1. The van der Waals surface area contributed by atoms with E-state index in [1.165, 1.54) is 0 Å². The fraction of sp³-hybridized carbons (Fsp3) is 0.167. The Morgan fingerprint density at radius 3 is 2.62 bits per heavy atom. The molecule has 1 heterocycles. The van der Waals surface area contributed by atoms with Crippen LogP contribution in [0, 0.1) is 0 Å². The van der Waals surface area contributed by atoms with Crippen LogP contribution in [-0.2, 0) is 4.79 Å². The Labute approximate surface area is 154 Å². The summed E-state index contributed by atoms with van der Waals surface area (Å²) in [5.41, 5.74) is 3.90. The van der Waals surface area contributed by atoms with Gasteiger partial charge in [-0.25, -0.2) is 5.43 Å². The summed E-state index contributed by atoms with van der Waals surface area (Å²) in [6, 6.07) is 11.6. The number of carbonyl (C=O) groups excluding carboxylic acids is 2. The van der Waals surface area contributed by atoms with Crippen LogP contribution in [0.3, 0.4) is 0 Å². The minimum Gasteiger partial charge on any atom is -0.454 e. The van der Waals surface area contributed by atoms with Crippen molar-refractivity contribution in [3.63, 3.8) is 0 Å². The zero-order valence-corrected chi connectivity index (χ0v) is 14.7. The molecule has 1 aliphatic heterocycles. The van der Waals surface area contributed by atoms with E-state index in [9.17, 15) is 9.59 Å². The van der Waals surface area contributed by atoms with Crippen molar-refractivity contribution in [3.05, 3.63) is 53.1 Å². The van der Waals surface area contributed by atoms with Crippen LogP contribution >= 0.6 is 11.6 Å². The highest BCUT2D eigenvalue weighted by molar-refractivity contribution is 6.30. The molecule has 0 radical (unpaired) electrons. The number of hydrogen-bond donors (Lipinski definition) is 2. The number of carbonyl (C=O) groups is 2. The van der Waals surface area contributed by atoms with Crippen molar-refractivity contribution < 1.29 is 19.1 Å². The molecule has 0 bridgehead atoms. The Bertz CT molecular complexity index is 865. The van der Waals surface area contributed by atoms with Gasteiger partial charge < -0.3 is 14.8 Å². The number of anilines is 1. The monoisotopic (exact) mass is 373 g/mol. The molecule has 2 aromatic carbocycles. The van der Waals surface area contributed by atoms with E-state index in [1.807, 2.05) is 0 Å². The fourth-order valence-corrected chi connectivity index (χ4v) is 2.39.